The third-order valence-electron chi connectivity index (χ3n) is 4.06. The first kappa shape index (κ1) is 15.2. The minimum atomic E-state index is -0.457. The number of benzene rings is 2. The molecule has 112 valence electrons. The predicted octanol–water partition coefficient (Wildman–Crippen LogP) is 4.49. The summed E-state index contributed by atoms with van der Waals surface area (Å²) in [5.41, 5.74) is 2.14. The lowest BCUT2D eigenvalue weighted by Gasteiger charge is -2.21. The lowest BCUT2D eigenvalue weighted by atomic mass is 9.84. The summed E-state index contributed by atoms with van der Waals surface area (Å²) in [4.78, 5) is 0. The van der Waals surface area contributed by atoms with Gasteiger partial charge in [0.15, 0.2) is 17.2 Å². The van der Waals surface area contributed by atoms with Gasteiger partial charge in [0.25, 0.3) is 0 Å². The molecule has 3 nitrogen and oxygen atoms in total. The van der Waals surface area contributed by atoms with Crippen molar-refractivity contribution in [2.75, 3.05) is 0 Å². The molecule has 0 radical (unpaired) electrons. The van der Waals surface area contributed by atoms with Crippen molar-refractivity contribution >= 4 is 0 Å². The topological polar surface area (TPSA) is 60.7 Å². The molecular weight excluding hydrogens is 264 g/mol. The van der Waals surface area contributed by atoms with Crippen LogP contribution in [0.5, 0.6) is 17.2 Å². The number of phenolic OH excluding ortho intramolecular Hbond substituents is 3. The fraction of sp³-hybridized carbons (Fsp3) is 0.333. The monoisotopic (exact) mass is 286 g/mol. The Labute approximate surface area is 125 Å². The van der Waals surface area contributed by atoms with Crippen LogP contribution in [0.2, 0.25) is 0 Å². The molecule has 3 N–H and O–H groups in total. The van der Waals surface area contributed by atoms with Crippen molar-refractivity contribution in [2.24, 2.45) is 0 Å². The molecule has 3 heteroatoms. The molecule has 2 aromatic carbocycles. The zero-order chi connectivity index (χ0) is 15.4. The molecular formula is C18H22O3. The van der Waals surface area contributed by atoms with Gasteiger partial charge in [0.05, 0.1) is 0 Å². The number of phenols is 3. The van der Waals surface area contributed by atoms with E-state index in [1.165, 1.54) is 17.7 Å². The fourth-order valence-electron chi connectivity index (χ4n) is 2.74. The normalized spacial score (nSPS) is 13.8. The summed E-state index contributed by atoms with van der Waals surface area (Å²) in [6.45, 7) is 4.23. The molecule has 0 aliphatic rings. The summed E-state index contributed by atoms with van der Waals surface area (Å²) in [7, 11) is 0. The van der Waals surface area contributed by atoms with Gasteiger partial charge < -0.3 is 15.3 Å². The Balaban J connectivity index is 2.18. The Morgan fingerprint density at radius 1 is 0.905 bits per heavy atom. The maximum Gasteiger partial charge on any atom is 0.200 e. The molecule has 0 aliphatic carbocycles. The first-order chi connectivity index (χ1) is 10.0. The molecule has 2 rings (SSSR count). The van der Waals surface area contributed by atoms with E-state index in [0.29, 0.717) is 5.92 Å². The van der Waals surface area contributed by atoms with Gasteiger partial charge in [-0.3, -0.25) is 0 Å². The van der Waals surface area contributed by atoms with Crippen LogP contribution in [0.4, 0.5) is 0 Å². The van der Waals surface area contributed by atoms with Crippen LogP contribution in [-0.2, 0) is 0 Å². The molecule has 0 bridgehead atoms. The van der Waals surface area contributed by atoms with Gasteiger partial charge in [-0.05, 0) is 47.9 Å². The Hall–Kier alpha value is -2.16. The molecule has 0 heterocycles. The summed E-state index contributed by atoms with van der Waals surface area (Å²) in [6, 6.07) is 13.4. The summed E-state index contributed by atoms with van der Waals surface area (Å²) in [6.07, 6.45) is 1.95. The van der Waals surface area contributed by atoms with Crippen molar-refractivity contribution in [3.63, 3.8) is 0 Å². The highest BCUT2D eigenvalue weighted by Crippen LogP contribution is 2.40. The Kier molecular flexibility index (Phi) is 4.73. The first-order valence-corrected chi connectivity index (χ1v) is 7.32. The van der Waals surface area contributed by atoms with Crippen molar-refractivity contribution in [1.29, 1.82) is 0 Å². The molecule has 21 heavy (non-hydrogen) atoms. The van der Waals surface area contributed by atoms with E-state index in [1.54, 1.807) is 0 Å². The zero-order valence-electron chi connectivity index (χ0n) is 12.5. The number of rotatable bonds is 5. The SMILES string of the molecule is CCC(CC(C)c1cc(O)c(O)c(O)c1)c1ccccc1. The van der Waals surface area contributed by atoms with Crippen molar-refractivity contribution in [3.8, 4) is 17.2 Å². The van der Waals surface area contributed by atoms with Gasteiger partial charge in [0.1, 0.15) is 0 Å². The summed E-state index contributed by atoms with van der Waals surface area (Å²) >= 11 is 0. The molecule has 2 atom stereocenters. The van der Waals surface area contributed by atoms with E-state index >= 15 is 0 Å². The third-order valence-corrected chi connectivity index (χ3v) is 4.06. The molecule has 0 saturated heterocycles. The average molecular weight is 286 g/mol. The summed E-state index contributed by atoms with van der Waals surface area (Å²) < 4.78 is 0. The Bertz CT molecular complexity index is 570. The largest absolute Gasteiger partial charge is 0.504 e. The molecule has 2 unspecified atom stereocenters. The molecule has 2 aromatic rings. The Morgan fingerprint density at radius 2 is 1.48 bits per heavy atom. The van der Waals surface area contributed by atoms with Crippen LogP contribution in [0.25, 0.3) is 0 Å². The molecule has 0 aromatic heterocycles. The standard InChI is InChI=1S/C18H22O3/c1-3-13(14-7-5-4-6-8-14)9-12(2)15-10-16(19)18(21)17(20)11-15/h4-8,10-13,19-21H,3,9H2,1-2H3. The third kappa shape index (κ3) is 3.48. The lowest BCUT2D eigenvalue weighted by Crippen LogP contribution is -2.03. The van der Waals surface area contributed by atoms with Crippen LogP contribution in [0, 0.1) is 0 Å². The van der Waals surface area contributed by atoms with Crippen molar-refractivity contribution in [1.82, 2.24) is 0 Å². The second kappa shape index (κ2) is 6.53. The van der Waals surface area contributed by atoms with E-state index in [9.17, 15) is 15.3 Å². The highest BCUT2D eigenvalue weighted by molar-refractivity contribution is 5.51. The van der Waals surface area contributed by atoms with Crippen LogP contribution in [0.3, 0.4) is 0 Å². The van der Waals surface area contributed by atoms with E-state index < -0.39 is 5.75 Å². The summed E-state index contributed by atoms with van der Waals surface area (Å²) in [5, 5.41) is 28.7. The van der Waals surface area contributed by atoms with Crippen LogP contribution in [0.15, 0.2) is 42.5 Å². The van der Waals surface area contributed by atoms with Crippen LogP contribution >= 0.6 is 0 Å². The highest BCUT2D eigenvalue weighted by Gasteiger charge is 2.17. The minimum absolute atomic E-state index is 0.174. The van der Waals surface area contributed by atoms with Gasteiger partial charge in [-0.25, -0.2) is 0 Å². The molecule has 0 aliphatic heterocycles. The first-order valence-electron chi connectivity index (χ1n) is 7.32. The van der Waals surface area contributed by atoms with Gasteiger partial charge in [-0.15, -0.1) is 0 Å². The second-order valence-electron chi connectivity index (χ2n) is 5.56. The maximum atomic E-state index is 9.63. The van der Waals surface area contributed by atoms with Gasteiger partial charge in [0, 0.05) is 0 Å². The highest BCUT2D eigenvalue weighted by atomic mass is 16.3. The molecule has 0 fully saturated rings. The Morgan fingerprint density at radius 3 is 2.00 bits per heavy atom. The second-order valence-corrected chi connectivity index (χ2v) is 5.56. The van der Waals surface area contributed by atoms with E-state index in [4.69, 9.17) is 0 Å². The fourth-order valence-corrected chi connectivity index (χ4v) is 2.74. The van der Waals surface area contributed by atoms with Gasteiger partial charge in [0.2, 0.25) is 0 Å². The molecule has 0 spiro atoms. The van der Waals surface area contributed by atoms with E-state index in [-0.39, 0.29) is 17.4 Å². The van der Waals surface area contributed by atoms with Gasteiger partial charge in [-0.2, -0.15) is 0 Å². The quantitative estimate of drug-likeness (QED) is 0.710. The molecule has 0 saturated carbocycles. The molecule has 0 amide bonds. The van der Waals surface area contributed by atoms with Crippen LogP contribution < -0.4 is 0 Å². The number of aromatic hydroxyl groups is 3. The average Bonchev–Trinajstić information content (AvgIpc) is 2.50. The van der Waals surface area contributed by atoms with E-state index in [0.717, 1.165) is 18.4 Å². The number of hydrogen-bond acceptors (Lipinski definition) is 3. The van der Waals surface area contributed by atoms with E-state index in [1.807, 2.05) is 18.2 Å². The van der Waals surface area contributed by atoms with Crippen molar-refractivity contribution in [3.05, 3.63) is 53.6 Å². The van der Waals surface area contributed by atoms with E-state index in [2.05, 4.69) is 26.0 Å². The predicted molar refractivity (Wildman–Crippen MR) is 83.9 cm³/mol. The van der Waals surface area contributed by atoms with Gasteiger partial charge >= 0.3 is 0 Å². The smallest absolute Gasteiger partial charge is 0.200 e. The minimum Gasteiger partial charge on any atom is -0.504 e. The maximum absolute atomic E-state index is 9.63. The zero-order valence-corrected chi connectivity index (χ0v) is 12.5. The van der Waals surface area contributed by atoms with Crippen LogP contribution in [0.1, 0.15) is 49.7 Å². The van der Waals surface area contributed by atoms with Crippen LogP contribution in [-0.4, -0.2) is 15.3 Å². The number of hydrogen-bond donors (Lipinski definition) is 3. The van der Waals surface area contributed by atoms with Crippen molar-refractivity contribution in [2.45, 2.75) is 38.5 Å². The lowest BCUT2D eigenvalue weighted by molar-refractivity contribution is 0.366. The summed E-state index contributed by atoms with van der Waals surface area (Å²) in [5.74, 6) is -0.401. The van der Waals surface area contributed by atoms with Gasteiger partial charge in [-0.1, -0.05) is 44.2 Å². The van der Waals surface area contributed by atoms with Crippen molar-refractivity contribution < 1.29 is 15.3 Å².